The largest absolute Gasteiger partial charge is 0.465 e. The Morgan fingerprint density at radius 2 is 2.18 bits per heavy atom. The van der Waals surface area contributed by atoms with Crippen LogP contribution in [-0.2, 0) is 0 Å². The molecule has 2 aliphatic rings. The van der Waals surface area contributed by atoms with Crippen molar-refractivity contribution in [3.8, 4) is 0 Å². The predicted molar refractivity (Wildman–Crippen MR) is 61.3 cm³/mol. The second-order valence-electron chi connectivity index (χ2n) is 4.34. The summed E-state index contributed by atoms with van der Waals surface area (Å²) in [7, 11) is 0. The first kappa shape index (κ1) is 10.6. The van der Waals surface area contributed by atoms with Crippen molar-refractivity contribution in [2.45, 2.75) is 18.5 Å². The molecule has 3 heterocycles. The Labute approximate surface area is 103 Å². The first-order valence-corrected chi connectivity index (χ1v) is 5.78. The van der Waals surface area contributed by atoms with Crippen molar-refractivity contribution in [1.82, 2.24) is 15.1 Å². The zero-order chi connectivity index (χ0) is 12.0. The summed E-state index contributed by atoms with van der Waals surface area (Å²) in [5.74, 6) is 0.770. The number of anilines is 1. The van der Waals surface area contributed by atoms with Crippen LogP contribution in [0.4, 0.5) is 10.6 Å². The molecule has 0 aliphatic carbocycles. The van der Waals surface area contributed by atoms with Crippen LogP contribution >= 0.6 is 11.6 Å². The van der Waals surface area contributed by atoms with Crippen molar-refractivity contribution in [2.75, 3.05) is 18.0 Å². The Balaban J connectivity index is 1.78. The third-order valence-corrected chi connectivity index (χ3v) is 3.60. The number of rotatable bonds is 1. The Kier molecular flexibility index (Phi) is 2.32. The van der Waals surface area contributed by atoms with Gasteiger partial charge >= 0.3 is 6.09 Å². The highest BCUT2D eigenvalue weighted by Gasteiger charge is 2.45. The van der Waals surface area contributed by atoms with E-state index in [1.807, 2.05) is 6.07 Å². The number of halogens is 1. The van der Waals surface area contributed by atoms with E-state index >= 15 is 0 Å². The first-order chi connectivity index (χ1) is 8.15. The number of hydrogen-bond donors (Lipinski definition) is 1. The first-order valence-electron chi connectivity index (χ1n) is 5.40. The molecule has 0 radical (unpaired) electrons. The van der Waals surface area contributed by atoms with E-state index < -0.39 is 6.09 Å². The van der Waals surface area contributed by atoms with Crippen LogP contribution in [0.2, 0.25) is 5.15 Å². The third-order valence-electron chi connectivity index (χ3n) is 3.40. The van der Waals surface area contributed by atoms with Crippen molar-refractivity contribution < 1.29 is 9.90 Å². The molecule has 0 saturated carbocycles. The average Bonchev–Trinajstić information content (AvgIpc) is 2.89. The molecular formula is C10H11ClN4O2. The summed E-state index contributed by atoms with van der Waals surface area (Å²) in [6.45, 7) is 1.23. The average molecular weight is 255 g/mol. The molecule has 1 aromatic heterocycles. The van der Waals surface area contributed by atoms with E-state index in [0.29, 0.717) is 18.2 Å². The van der Waals surface area contributed by atoms with Crippen LogP contribution in [0.3, 0.4) is 0 Å². The molecule has 0 spiro atoms. The van der Waals surface area contributed by atoms with Gasteiger partial charge in [0.2, 0.25) is 0 Å². The number of aromatic nitrogens is 2. The van der Waals surface area contributed by atoms with Gasteiger partial charge in [-0.25, -0.2) is 4.79 Å². The van der Waals surface area contributed by atoms with Gasteiger partial charge < -0.3 is 14.9 Å². The van der Waals surface area contributed by atoms with Gasteiger partial charge in [-0.2, -0.15) is 0 Å². The summed E-state index contributed by atoms with van der Waals surface area (Å²) in [6, 6.07) is 3.81. The van der Waals surface area contributed by atoms with Crippen molar-refractivity contribution in [3.63, 3.8) is 0 Å². The van der Waals surface area contributed by atoms with Gasteiger partial charge in [-0.05, 0) is 18.6 Å². The zero-order valence-electron chi connectivity index (χ0n) is 8.95. The summed E-state index contributed by atoms with van der Waals surface area (Å²) in [6.07, 6.45) is 0.0377. The number of carbonyl (C=O) groups is 1. The SMILES string of the molecule is O=C(O)N1C[C@H]2C[C@@H]1CN2c1ccc(Cl)nn1. The molecule has 17 heavy (non-hydrogen) atoms. The molecule has 90 valence electrons. The molecule has 2 bridgehead atoms. The highest BCUT2D eigenvalue weighted by Crippen LogP contribution is 2.33. The highest BCUT2D eigenvalue weighted by molar-refractivity contribution is 6.29. The van der Waals surface area contributed by atoms with Crippen LogP contribution in [-0.4, -0.2) is 51.5 Å². The molecular weight excluding hydrogens is 244 g/mol. The zero-order valence-corrected chi connectivity index (χ0v) is 9.71. The van der Waals surface area contributed by atoms with Gasteiger partial charge in [0.1, 0.15) is 0 Å². The summed E-state index contributed by atoms with van der Waals surface area (Å²) in [5.41, 5.74) is 0. The number of carboxylic acid groups (broad SMARTS) is 1. The summed E-state index contributed by atoms with van der Waals surface area (Å²) in [5, 5.41) is 17.2. The minimum atomic E-state index is -0.834. The second-order valence-corrected chi connectivity index (χ2v) is 4.73. The Morgan fingerprint density at radius 3 is 2.71 bits per heavy atom. The number of nitrogens with zero attached hydrogens (tertiary/aromatic N) is 4. The van der Waals surface area contributed by atoms with Crippen LogP contribution in [0.25, 0.3) is 0 Å². The maximum absolute atomic E-state index is 10.9. The quantitative estimate of drug-likeness (QED) is 0.812. The fourth-order valence-corrected chi connectivity index (χ4v) is 2.74. The molecule has 0 unspecified atom stereocenters. The van der Waals surface area contributed by atoms with Crippen LogP contribution in [0.15, 0.2) is 12.1 Å². The van der Waals surface area contributed by atoms with Crippen molar-refractivity contribution in [1.29, 1.82) is 0 Å². The molecule has 1 amide bonds. The van der Waals surface area contributed by atoms with Crippen molar-refractivity contribution >= 4 is 23.5 Å². The summed E-state index contributed by atoms with van der Waals surface area (Å²) >= 11 is 5.68. The number of amides is 1. The monoisotopic (exact) mass is 254 g/mol. The molecule has 1 N–H and O–H groups in total. The summed E-state index contributed by atoms with van der Waals surface area (Å²) in [4.78, 5) is 14.6. The smallest absolute Gasteiger partial charge is 0.407 e. The third kappa shape index (κ3) is 1.68. The van der Waals surface area contributed by atoms with Crippen molar-refractivity contribution in [2.24, 2.45) is 0 Å². The van der Waals surface area contributed by atoms with Gasteiger partial charge in [-0.3, -0.25) is 0 Å². The lowest BCUT2D eigenvalue weighted by Gasteiger charge is -2.32. The second kappa shape index (κ2) is 3.73. The molecule has 0 aromatic carbocycles. The van der Waals surface area contributed by atoms with Gasteiger partial charge in [-0.15, -0.1) is 10.2 Å². The van der Waals surface area contributed by atoms with Gasteiger partial charge in [0.25, 0.3) is 0 Å². The molecule has 3 rings (SSSR count). The Hall–Kier alpha value is -1.56. The number of piperazine rings is 1. The topological polar surface area (TPSA) is 69.6 Å². The maximum Gasteiger partial charge on any atom is 0.407 e. The minimum Gasteiger partial charge on any atom is -0.465 e. The molecule has 2 fully saturated rings. The predicted octanol–water partition coefficient (Wildman–Crippen LogP) is 1.07. The fraction of sp³-hybridized carbons (Fsp3) is 0.500. The van der Waals surface area contributed by atoms with Crippen LogP contribution in [0, 0.1) is 0 Å². The van der Waals surface area contributed by atoms with E-state index in [4.69, 9.17) is 16.7 Å². The maximum atomic E-state index is 10.9. The van der Waals surface area contributed by atoms with Crippen LogP contribution in [0.5, 0.6) is 0 Å². The fourth-order valence-electron chi connectivity index (χ4n) is 2.64. The molecule has 2 saturated heterocycles. The molecule has 2 atom stereocenters. The summed E-state index contributed by atoms with van der Waals surface area (Å²) < 4.78 is 0. The number of likely N-dealkylation sites (tertiary alicyclic amines) is 1. The van der Waals surface area contributed by atoms with E-state index in [-0.39, 0.29) is 12.1 Å². The van der Waals surface area contributed by atoms with Gasteiger partial charge in [0.05, 0.1) is 12.1 Å². The minimum absolute atomic E-state index is 0.0787. The molecule has 7 heteroatoms. The van der Waals surface area contributed by atoms with E-state index in [9.17, 15) is 4.79 Å². The molecule has 2 aliphatic heterocycles. The van der Waals surface area contributed by atoms with Crippen LogP contribution in [0.1, 0.15) is 6.42 Å². The molecule has 1 aromatic rings. The van der Waals surface area contributed by atoms with E-state index in [2.05, 4.69) is 15.1 Å². The van der Waals surface area contributed by atoms with E-state index in [1.54, 1.807) is 6.07 Å². The molecule has 6 nitrogen and oxygen atoms in total. The lowest BCUT2D eigenvalue weighted by molar-refractivity contribution is 0.137. The lowest BCUT2D eigenvalue weighted by atomic mass is 10.2. The van der Waals surface area contributed by atoms with Gasteiger partial charge in [0, 0.05) is 13.1 Å². The van der Waals surface area contributed by atoms with E-state index in [0.717, 1.165) is 12.2 Å². The number of hydrogen-bond acceptors (Lipinski definition) is 4. The normalized spacial score (nSPS) is 26.6. The van der Waals surface area contributed by atoms with Gasteiger partial charge in [-0.1, -0.05) is 11.6 Å². The van der Waals surface area contributed by atoms with Crippen LogP contribution < -0.4 is 4.90 Å². The Bertz CT molecular complexity index is 452. The van der Waals surface area contributed by atoms with Gasteiger partial charge in [0.15, 0.2) is 11.0 Å². The van der Waals surface area contributed by atoms with E-state index in [1.165, 1.54) is 4.90 Å². The Morgan fingerprint density at radius 1 is 1.35 bits per heavy atom. The van der Waals surface area contributed by atoms with Crippen molar-refractivity contribution in [3.05, 3.63) is 17.3 Å². The standard InChI is InChI=1S/C10H11ClN4O2/c11-8-1-2-9(13-12-8)14-4-7-3-6(14)5-15(7)10(16)17/h1-2,6-7H,3-5H2,(H,16,17)/t6-,7-/m1/s1. The highest BCUT2D eigenvalue weighted by atomic mass is 35.5. The lowest BCUT2D eigenvalue weighted by Crippen LogP contribution is -2.48. The number of fused-ring (bicyclic) bond motifs is 2.